The summed E-state index contributed by atoms with van der Waals surface area (Å²) in [7, 11) is 0. The molecule has 2 aromatic rings. The monoisotopic (exact) mass is 240 g/mol. The minimum Gasteiger partial charge on any atom is -0.310 e. The van der Waals surface area contributed by atoms with Crippen LogP contribution < -0.4 is 5.32 Å². The molecule has 1 atom stereocenters. The second-order valence-electron chi connectivity index (χ2n) is 5.39. The minimum absolute atomic E-state index is 0.642. The van der Waals surface area contributed by atoms with Crippen LogP contribution in [-0.2, 0) is 6.54 Å². The first-order valence-corrected chi connectivity index (χ1v) is 6.90. The highest BCUT2D eigenvalue weighted by Crippen LogP contribution is 2.29. The molecule has 1 aromatic heterocycles. The first-order chi connectivity index (χ1) is 8.83. The lowest BCUT2D eigenvalue weighted by Gasteiger charge is -2.32. The van der Waals surface area contributed by atoms with Gasteiger partial charge in [-0.25, -0.2) is 0 Å². The van der Waals surface area contributed by atoms with Crippen molar-refractivity contribution < 1.29 is 0 Å². The molecule has 0 bridgehead atoms. The van der Waals surface area contributed by atoms with Crippen LogP contribution in [0, 0.1) is 5.92 Å². The molecule has 0 amide bonds. The summed E-state index contributed by atoms with van der Waals surface area (Å²) in [6, 6.07) is 11.3. The fourth-order valence-electron chi connectivity index (χ4n) is 2.62. The molecule has 1 fully saturated rings. The normalized spacial score (nSPS) is 17.6. The van der Waals surface area contributed by atoms with E-state index in [-0.39, 0.29) is 0 Å². The topological polar surface area (TPSA) is 24.9 Å². The largest absolute Gasteiger partial charge is 0.310 e. The van der Waals surface area contributed by atoms with Gasteiger partial charge in [-0.3, -0.25) is 4.98 Å². The van der Waals surface area contributed by atoms with Crippen LogP contribution in [0.5, 0.6) is 0 Å². The fourth-order valence-corrected chi connectivity index (χ4v) is 2.62. The Labute approximate surface area is 108 Å². The standard InChI is InChI=1S/C16H20N2/c1-12(14-4-2-5-14)18-11-13-7-8-16-15(10-13)6-3-9-17-16/h3,6-10,12,14,18H,2,4-5,11H2,1H3. The molecule has 1 unspecified atom stereocenters. The predicted molar refractivity (Wildman–Crippen MR) is 75.4 cm³/mol. The van der Waals surface area contributed by atoms with Crippen molar-refractivity contribution in [3.05, 3.63) is 42.1 Å². The molecule has 1 heterocycles. The quantitative estimate of drug-likeness (QED) is 0.884. The van der Waals surface area contributed by atoms with E-state index in [1.54, 1.807) is 0 Å². The predicted octanol–water partition coefficient (Wildman–Crippen LogP) is 3.51. The first-order valence-electron chi connectivity index (χ1n) is 6.90. The number of hydrogen-bond donors (Lipinski definition) is 1. The van der Waals surface area contributed by atoms with Crippen LogP contribution in [0.1, 0.15) is 31.7 Å². The third-order valence-electron chi connectivity index (χ3n) is 4.15. The molecular formula is C16H20N2. The van der Waals surface area contributed by atoms with E-state index < -0.39 is 0 Å². The Morgan fingerprint density at radius 2 is 2.22 bits per heavy atom. The van der Waals surface area contributed by atoms with Crippen molar-refractivity contribution in [2.24, 2.45) is 5.92 Å². The van der Waals surface area contributed by atoms with E-state index in [2.05, 4.69) is 41.5 Å². The summed E-state index contributed by atoms with van der Waals surface area (Å²) in [5.74, 6) is 0.895. The Morgan fingerprint density at radius 3 is 3.00 bits per heavy atom. The summed E-state index contributed by atoms with van der Waals surface area (Å²) in [6.07, 6.45) is 6.06. The highest BCUT2D eigenvalue weighted by molar-refractivity contribution is 5.78. The van der Waals surface area contributed by atoms with Gasteiger partial charge in [0.1, 0.15) is 0 Å². The Kier molecular flexibility index (Phi) is 3.28. The van der Waals surface area contributed by atoms with Crippen LogP contribution in [0.25, 0.3) is 10.9 Å². The Hall–Kier alpha value is -1.41. The van der Waals surface area contributed by atoms with Crippen molar-refractivity contribution in [2.45, 2.75) is 38.8 Å². The summed E-state index contributed by atoms with van der Waals surface area (Å²) in [4.78, 5) is 4.35. The summed E-state index contributed by atoms with van der Waals surface area (Å²) in [5, 5.41) is 4.87. The van der Waals surface area contributed by atoms with Gasteiger partial charge in [-0.15, -0.1) is 0 Å². The maximum atomic E-state index is 4.35. The molecule has 1 saturated carbocycles. The maximum absolute atomic E-state index is 4.35. The van der Waals surface area contributed by atoms with Gasteiger partial charge in [0.25, 0.3) is 0 Å². The molecule has 1 N–H and O–H groups in total. The Morgan fingerprint density at radius 1 is 1.33 bits per heavy atom. The van der Waals surface area contributed by atoms with E-state index >= 15 is 0 Å². The first kappa shape index (κ1) is 11.7. The van der Waals surface area contributed by atoms with Crippen molar-refractivity contribution in [3.63, 3.8) is 0 Å². The average Bonchev–Trinajstić information content (AvgIpc) is 2.34. The van der Waals surface area contributed by atoms with E-state index in [0.717, 1.165) is 18.0 Å². The lowest BCUT2D eigenvalue weighted by Crippen LogP contribution is -2.36. The third-order valence-corrected chi connectivity index (χ3v) is 4.15. The van der Waals surface area contributed by atoms with Gasteiger partial charge in [0.05, 0.1) is 5.52 Å². The number of nitrogens with one attached hydrogen (secondary N) is 1. The molecule has 1 aromatic carbocycles. The molecule has 1 aliphatic rings. The van der Waals surface area contributed by atoms with E-state index in [0.29, 0.717) is 6.04 Å². The zero-order valence-electron chi connectivity index (χ0n) is 10.9. The lowest BCUT2D eigenvalue weighted by atomic mass is 9.80. The molecule has 18 heavy (non-hydrogen) atoms. The molecule has 3 rings (SSSR count). The number of benzene rings is 1. The van der Waals surface area contributed by atoms with Gasteiger partial charge in [-0.1, -0.05) is 18.6 Å². The van der Waals surface area contributed by atoms with Gasteiger partial charge in [0.2, 0.25) is 0 Å². The number of pyridine rings is 1. The zero-order valence-corrected chi connectivity index (χ0v) is 10.9. The molecule has 0 spiro atoms. The second-order valence-corrected chi connectivity index (χ2v) is 5.39. The van der Waals surface area contributed by atoms with Gasteiger partial charge >= 0.3 is 0 Å². The lowest BCUT2D eigenvalue weighted by molar-refractivity contribution is 0.240. The molecule has 0 aliphatic heterocycles. The van der Waals surface area contributed by atoms with E-state index in [4.69, 9.17) is 0 Å². The molecule has 1 aliphatic carbocycles. The smallest absolute Gasteiger partial charge is 0.0702 e. The number of nitrogens with zero attached hydrogens (tertiary/aromatic N) is 1. The highest BCUT2D eigenvalue weighted by Gasteiger charge is 2.23. The van der Waals surface area contributed by atoms with Crippen molar-refractivity contribution in [3.8, 4) is 0 Å². The summed E-state index contributed by atoms with van der Waals surface area (Å²) in [5.41, 5.74) is 2.43. The van der Waals surface area contributed by atoms with Gasteiger partial charge in [0, 0.05) is 24.2 Å². The van der Waals surface area contributed by atoms with Crippen molar-refractivity contribution in [2.75, 3.05) is 0 Å². The van der Waals surface area contributed by atoms with Crippen LogP contribution in [0.3, 0.4) is 0 Å². The molecule has 0 saturated heterocycles. The van der Waals surface area contributed by atoms with Crippen LogP contribution in [0.15, 0.2) is 36.5 Å². The summed E-state index contributed by atoms with van der Waals surface area (Å²) < 4.78 is 0. The Bertz CT molecular complexity index is 531. The summed E-state index contributed by atoms with van der Waals surface area (Å²) >= 11 is 0. The van der Waals surface area contributed by atoms with E-state index in [1.165, 1.54) is 30.2 Å². The second kappa shape index (κ2) is 5.07. The minimum atomic E-state index is 0.642. The molecular weight excluding hydrogens is 220 g/mol. The van der Waals surface area contributed by atoms with Crippen LogP contribution >= 0.6 is 0 Å². The van der Waals surface area contributed by atoms with Crippen LogP contribution in [0.4, 0.5) is 0 Å². The summed E-state index contributed by atoms with van der Waals surface area (Å²) in [6.45, 7) is 3.27. The van der Waals surface area contributed by atoms with E-state index in [9.17, 15) is 0 Å². The SMILES string of the molecule is CC(NCc1ccc2ncccc2c1)C1CCC1. The third kappa shape index (κ3) is 2.39. The average molecular weight is 240 g/mol. The van der Waals surface area contributed by atoms with Gasteiger partial charge < -0.3 is 5.32 Å². The fraction of sp³-hybridized carbons (Fsp3) is 0.438. The zero-order chi connectivity index (χ0) is 12.4. The molecule has 94 valence electrons. The number of rotatable bonds is 4. The highest BCUT2D eigenvalue weighted by atomic mass is 14.9. The number of hydrogen-bond acceptors (Lipinski definition) is 2. The van der Waals surface area contributed by atoms with Crippen LogP contribution in [-0.4, -0.2) is 11.0 Å². The maximum Gasteiger partial charge on any atom is 0.0702 e. The van der Waals surface area contributed by atoms with Crippen molar-refractivity contribution in [1.29, 1.82) is 0 Å². The number of aromatic nitrogens is 1. The van der Waals surface area contributed by atoms with E-state index in [1.807, 2.05) is 12.3 Å². The van der Waals surface area contributed by atoms with Gasteiger partial charge in [0.15, 0.2) is 0 Å². The van der Waals surface area contributed by atoms with Crippen LogP contribution in [0.2, 0.25) is 0 Å². The number of fused-ring (bicyclic) bond motifs is 1. The van der Waals surface area contributed by atoms with Gasteiger partial charge in [-0.05, 0) is 49.4 Å². The van der Waals surface area contributed by atoms with Gasteiger partial charge in [-0.2, -0.15) is 0 Å². The Balaban J connectivity index is 1.66. The molecule has 2 nitrogen and oxygen atoms in total. The molecule has 0 radical (unpaired) electrons. The van der Waals surface area contributed by atoms with Crippen molar-refractivity contribution >= 4 is 10.9 Å². The van der Waals surface area contributed by atoms with Crippen molar-refractivity contribution in [1.82, 2.24) is 10.3 Å². The molecule has 2 heteroatoms.